The molecular formula is C26H34FN5O6S. The molecule has 2 heterocycles. The Morgan fingerprint density at radius 1 is 0.821 bits per heavy atom. The lowest BCUT2D eigenvalue weighted by Crippen LogP contribution is -2.55. The Kier molecular flexibility index (Phi) is 9.38. The molecule has 0 unspecified atom stereocenters. The number of carbonyl (C=O) groups excluding carboxylic acids is 2. The Morgan fingerprint density at radius 3 is 2.00 bits per heavy atom. The second-order valence-electron chi connectivity index (χ2n) is 9.41. The Bertz CT molecular complexity index is 1260. The number of methoxy groups -OCH3 is 2. The van der Waals surface area contributed by atoms with Gasteiger partial charge in [0.2, 0.25) is 21.8 Å². The van der Waals surface area contributed by atoms with Gasteiger partial charge in [-0.1, -0.05) is 0 Å². The number of benzene rings is 2. The first-order chi connectivity index (χ1) is 18.7. The quantitative estimate of drug-likeness (QED) is 0.480. The van der Waals surface area contributed by atoms with Crippen LogP contribution in [0.3, 0.4) is 0 Å². The summed E-state index contributed by atoms with van der Waals surface area (Å²) in [5.41, 5.74) is 0.544. The van der Waals surface area contributed by atoms with Crippen molar-refractivity contribution in [3.8, 4) is 11.5 Å². The standard InChI is InChI=1S/C26H34FN5O6S/c1-37-23-8-7-22(17-24(23)38-2)39(35,36)32-15-13-31(14-16-32)26(34)19-30-11-9-29(10-12-30)18-25(33)28-21-5-3-20(27)4-6-21/h3-8,17H,9-16,18-19H2,1-2H3,(H,28,33). The van der Waals surface area contributed by atoms with E-state index in [9.17, 15) is 22.4 Å². The molecule has 2 aromatic rings. The highest BCUT2D eigenvalue weighted by molar-refractivity contribution is 7.89. The van der Waals surface area contributed by atoms with Crippen LogP contribution in [-0.2, 0) is 19.6 Å². The van der Waals surface area contributed by atoms with E-state index < -0.39 is 10.0 Å². The number of halogens is 1. The summed E-state index contributed by atoms with van der Waals surface area (Å²) < 4.78 is 51.1. The van der Waals surface area contributed by atoms with Crippen molar-refractivity contribution < 1.29 is 31.9 Å². The molecule has 0 atom stereocenters. The van der Waals surface area contributed by atoms with Gasteiger partial charge in [0, 0.05) is 64.1 Å². The molecule has 2 aromatic carbocycles. The highest BCUT2D eigenvalue weighted by atomic mass is 32.2. The highest BCUT2D eigenvalue weighted by Crippen LogP contribution is 2.31. The summed E-state index contributed by atoms with van der Waals surface area (Å²) in [7, 11) is -0.805. The maximum atomic E-state index is 13.1. The summed E-state index contributed by atoms with van der Waals surface area (Å²) in [5, 5.41) is 2.76. The van der Waals surface area contributed by atoms with Crippen molar-refractivity contribution >= 4 is 27.5 Å². The Hall–Kier alpha value is -3.26. The fraction of sp³-hybridized carbons (Fsp3) is 0.462. The molecule has 2 saturated heterocycles. The lowest BCUT2D eigenvalue weighted by molar-refractivity contribution is -0.134. The normalized spacial score (nSPS) is 17.6. The summed E-state index contributed by atoms with van der Waals surface area (Å²) in [5.74, 6) is 0.204. The third kappa shape index (κ3) is 7.24. The van der Waals surface area contributed by atoms with E-state index in [0.717, 1.165) is 0 Å². The van der Waals surface area contributed by atoms with Crippen molar-refractivity contribution in [2.45, 2.75) is 4.90 Å². The molecule has 0 saturated carbocycles. The molecule has 39 heavy (non-hydrogen) atoms. The lowest BCUT2D eigenvalue weighted by Gasteiger charge is -2.37. The van der Waals surface area contributed by atoms with Gasteiger partial charge in [0.1, 0.15) is 5.82 Å². The van der Waals surface area contributed by atoms with Crippen LogP contribution in [0, 0.1) is 5.82 Å². The number of anilines is 1. The first kappa shape index (κ1) is 28.7. The van der Waals surface area contributed by atoms with Gasteiger partial charge >= 0.3 is 0 Å². The lowest BCUT2D eigenvalue weighted by atomic mass is 10.2. The predicted molar refractivity (Wildman–Crippen MR) is 143 cm³/mol. The van der Waals surface area contributed by atoms with Gasteiger partial charge in [-0.25, -0.2) is 12.8 Å². The van der Waals surface area contributed by atoms with E-state index in [2.05, 4.69) is 5.32 Å². The number of nitrogens with zero attached hydrogens (tertiary/aromatic N) is 4. The molecule has 0 bridgehead atoms. The number of piperazine rings is 2. The largest absolute Gasteiger partial charge is 0.493 e. The van der Waals surface area contributed by atoms with Gasteiger partial charge in [-0.2, -0.15) is 4.31 Å². The van der Waals surface area contributed by atoms with Crippen molar-refractivity contribution in [1.29, 1.82) is 0 Å². The van der Waals surface area contributed by atoms with Crippen LogP contribution in [0.1, 0.15) is 0 Å². The smallest absolute Gasteiger partial charge is 0.243 e. The molecular weight excluding hydrogens is 529 g/mol. The molecule has 1 N–H and O–H groups in total. The van der Waals surface area contributed by atoms with Gasteiger partial charge in [-0.05, 0) is 36.4 Å². The van der Waals surface area contributed by atoms with Gasteiger partial charge in [-0.3, -0.25) is 19.4 Å². The number of hydrogen-bond donors (Lipinski definition) is 1. The van der Waals surface area contributed by atoms with Crippen LogP contribution in [0.15, 0.2) is 47.4 Å². The number of carbonyl (C=O) groups is 2. The molecule has 2 fully saturated rings. The van der Waals surface area contributed by atoms with Gasteiger partial charge < -0.3 is 19.7 Å². The minimum Gasteiger partial charge on any atom is -0.493 e. The summed E-state index contributed by atoms with van der Waals surface area (Å²) in [6.45, 7) is 4.07. The highest BCUT2D eigenvalue weighted by Gasteiger charge is 2.31. The number of sulfonamides is 1. The van der Waals surface area contributed by atoms with E-state index in [1.165, 1.54) is 54.9 Å². The minimum absolute atomic E-state index is 0.0410. The fourth-order valence-electron chi connectivity index (χ4n) is 4.64. The summed E-state index contributed by atoms with van der Waals surface area (Å²) in [6, 6.07) is 10.1. The molecule has 4 rings (SSSR count). The maximum absolute atomic E-state index is 13.1. The second kappa shape index (κ2) is 12.7. The van der Waals surface area contributed by atoms with Crippen LogP contribution in [0.25, 0.3) is 0 Å². The Morgan fingerprint density at radius 2 is 1.41 bits per heavy atom. The van der Waals surface area contributed by atoms with E-state index in [4.69, 9.17) is 9.47 Å². The van der Waals surface area contributed by atoms with Crippen molar-refractivity contribution in [3.63, 3.8) is 0 Å². The second-order valence-corrected chi connectivity index (χ2v) is 11.3. The summed E-state index contributed by atoms with van der Waals surface area (Å²) >= 11 is 0. The van der Waals surface area contributed by atoms with Crippen molar-refractivity contribution in [3.05, 3.63) is 48.3 Å². The molecule has 11 nitrogen and oxygen atoms in total. The Labute approximate surface area is 228 Å². The zero-order valence-corrected chi connectivity index (χ0v) is 23.0. The third-order valence-corrected chi connectivity index (χ3v) is 8.80. The summed E-state index contributed by atoms with van der Waals surface area (Å²) in [6.07, 6.45) is 0. The monoisotopic (exact) mass is 563 g/mol. The van der Waals surface area contributed by atoms with E-state index in [-0.39, 0.29) is 48.7 Å². The molecule has 2 amide bonds. The number of ether oxygens (including phenoxy) is 2. The topological polar surface area (TPSA) is 112 Å². The molecule has 13 heteroatoms. The number of nitrogens with one attached hydrogen (secondary N) is 1. The van der Waals surface area contributed by atoms with Crippen LogP contribution < -0.4 is 14.8 Å². The van der Waals surface area contributed by atoms with Crippen molar-refractivity contribution in [1.82, 2.24) is 19.0 Å². The maximum Gasteiger partial charge on any atom is 0.243 e. The fourth-order valence-corrected chi connectivity index (χ4v) is 6.08. The number of rotatable bonds is 9. The van der Waals surface area contributed by atoms with Crippen LogP contribution in [0.2, 0.25) is 0 Å². The van der Waals surface area contributed by atoms with Gasteiger partial charge in [0.15, 0.2) is 11.5 Å². The molecule has 2 aliphatic heterocycles. The number of hydrogen-bond acceptors (Lipinski definition) is 8. The predicted octanol–water partition coefficient (Wildman–Crippen LogP) is 0.932. The zero-order valence-electron chi connectivity index (χ0n) is 22.1. The minimum atomic E-state index is -3.74. The first-order valence-corrected chi connectivity index (χ1v) is 14.1. The van der Waals surface area contributed by atoms with Crippen LogP contribution in [-0.4, -0.2) is 119 Å². The zero-order chi connectivity index (χ0) is 28.0. The third-order valence-electron chi connectivity index (χ3n) is 6.90. The molecule has 2 aliphatic rings. The molecule has 0 radical (unpaired) electrons. The van der Waals surface area contributed by atoms with Crippen molar-refractivity contribution in [2.24, 2.45) is 0 Å². The van der Waals surface area contributed by atoms with Gasteiger partial charge in [-0.15, -0.1) is 0 Å². The average molecular weight is 564 g/mol. The molecule has 212 valence electrons. The first-order valence-electron chi connectivity index (χ1n) is 12.7. The van der Waals surface area contributed by atoms with Crippen LogP contribution >= 0.6 is 0 Å². The van der Waals surface area contributed by atoms with Crippen molar-refractivity contribution in [2.75, 3.05) is 85.0 Å². The SMILES string of the molecule is COc1ccc(S(=O)(=O)N2CCN(C(=O)CN3CCN(CC(=O)Nc4ccc(F)cc4)CC3)CC2)cc1OC. The van der Waals surface area contributed by atoms with Crippen LogP contribution in [0.5, 0.6) is 11.5 Å². The molecule has 0 spiro atoms. The average Bonchev–Trinajstić information content (AvgIpc) is 2.95. The van der Waals surface area contributed by atoms with Gasteiger partial charge in [0.05, 0.1) is 32.2 Å². The van der Waals surface area contributed by atoms with Gasteiger partial charge in [0.25, 0.3) is 0 Å². The van der Waals surface area contributed by atoms with E-state index >= 15 is 0 Å². The number of amides is 2. The summed E-state index contributed by atoms with van der Waals surface area (Å²) in [4.78, 5) is 31.1. The van der Waals surface area contributed by atoms with E-state index in [1.54, 1.807) is 11.0 Å². The van der Waals surface area contributed by atoms with E-state index in [1.807, 2.05) is 9.80 Å². The Balaban J connectivity index is 1.21. The molecule has 0 aliphatic carbocycles. The van der Waals surface area contributed by atoms with E-state index in [0.29, 0.717) is 56.5 Å². The van der Waals surface area contributed by atoms with Crippen LogP contribution in [0.4, 0.5) is 10.1 Å². The molecule has 0 aromatic heterocycles.